The third kappa shape index (κ3) is 10.7. The summed E-state index contributed by atoms with van der Waals surface area (Å²) in [6, 6.07) is 7.19. The molecule has 0 saturated heterocycles. The van der Waals surface area contributed by atoms with Crippen molar-refractivity contribution in [1.29, 1.82) is 0 Å². The number of hydrogen-bond donors (Lipinski definition) is 2. The summed E-state index contributed by atoms with van der Waals surface area (Å²) < 4.78 is 16.4. The Morgan fingerprint density at radius 1 is 1.25 bits per heavy atom. The van der Waals surface area contributed by atoms with Crippen molar-refractivity contribution in [1.82, 2.24) is 10.6 Å². The van der Waals surface area contributed by atoms with Crippen LogP contribution in [-0.4, -0.2) is 57.7 Å². The molecule has 1 rings (SSSR count). The Kier molecular flexibility index (Phi) is 12.5. The number of nitrogens with one attached hydrogen (secondary N) is 2. The van der Waals surface area contributed by atoms with Gasteiger partial charge in [0, 0.05) is 36.2 Å². The molecule has 0 saturated carbocycles. The molecule has 0 spiro atoms. The van der Waals surface area contributed by atoms with E-state index in [1.54, 1.807) is 24.3 Å². The van der Waals surface area contributed by atoms with E-state index in [2.05, 4.69) is 20.7 Å². The minimum atomic E-state index is -0.769. The number of benzene rings is 1. The maximum atomic E-state index is 12.2. The first kappa shape index (κ1) is 23.7. The SMILES string of the molecule is CCCOCCOC(COc1cccc(C(=O)NCCNC(C)C)c1)N=[N+]=[N-]. The highest BCUT2D eigenvalue weighted by molar-refractivity contribution is 5.94. The molecular weight excluding hydrogens is 362 g/mol. The van der Waals surface area contributed by atoms with Crippen molar-refractivity contribution in [2.45, 2.75) is 39.5 Å². The van der Waals surface area contributed by atoms with E-state index in [9.17, 15) is 4.79 Å². The number of azide groups is 1. The van der Waals surface area contributed by atoms with E-state index in [-0.39, 0.29) is 12.5 Å². The van der Waals surface area contributed by atoms with Crippen LogP contribution in [0.5, 0.6) is 5.75 Å². The van der Waals surface area contributed by atoms with E-state index < -0.39 is 6.23 Å². The van der Waals surface area contributed by atoms with Crippen LogP contribution in [0.1, 0.15) is 37.6 Å². The molecule has 1 atom stereocenters. The maximum Gasteiger partial charge on any atom is 0.251 e. The molecule has 1 amide bonds. The number of ether oxygens (including phenoxy) is 3. The van der Waals surface area contributed by atoms with Gasteiger partial charge in [-0.15, -0.1) is 0 Å². The first-order valence-electron chi connectivity index (χ1n) is 9.54. The van der Waals surface area contributed by atoms with Gasteiger partial charge in [-0.05, 0) is 30.2 Å². The second kappa shape index (κ2) is 14.7. The number of amides is 1. The lowest BCUT2D eigenvalue weighted by atomic mass is 10.2. The Morgan fingerprint density at radius 2 is 2.07 bits per heavy atom. The summed E-state index contributed by atoms with van der Waals surface area (Å²) in [5, 5.41) is 9.65. The van der Waals surface area contributed by atoms with Crippen LogP contribution in [0.25, 0.3) is 10.4 Å². The lowest BCUT2D eigenvalue weighted by Gasteiger charge is -2.14. The number of carbonyl (C=O) groups excluding carboxylic acids is 1. The molecule has 1 aromatic carbocycles. The highest BCUT2D eigenvalue weighted by atomic mass is 16.6. The third-order valence-corrected chi connectivity index (χ3v) is 3.52. The molecule has 156 valence electrons. The van der Waals surface area contributed by atoms with Crippen molar-refractivity contribution < 1.29 is 19.0 Å². The zero-order chi connectivity index (χ0) is 20.6. The van der Waals surface area contributed by atoms with E-state index >= 15 is 0 Å². The molecular formula is C19H31N5O4. The highest BCUT2D eigenvalue weighted by Crippen LogP contribution is 2.14. The molecule has 0 fully saturated rings. The van der Waals surface area contributed by atoms with Crippen molar-refractivity contribution >= 4 is 5.91 Å². The van der Waals surface area contributed by atoms with Gasteiger partial charge in [0.15, 0.2) is 6.23 Å². The Hall–Kier alpha value is -2.32. The Balaban J connectivity index is 2.46. The molecule has 0 heterocycles. The normalized spacial score (nSPS) is 11.7. The van der Waals surface area contributed by atoms with Crippen LogP contribution in [0.15, 0.2) is 29.4 Å². The largest absolute Gasteiger partial charge is 0.491 e. The van der Waals surface area contributed by atoms with Gasteiger partial charge in [-0.25, -0.2) is 0 Å². The van der Waals surface area contributed by atoms with Gasteiger partial charge >= 0.3 is 0 Å². The van der Waals surface area contributed by atoms with Crippen molar-refractivity contribution in [3.05, 3.63) is 40.3 Å². The Labute approximate surface area is 166 Å². The van der Waals surface area contributed by atoms with Crippen molar-refractivity contribution in [2.75, 3.05) is 39.5 Å². The average Bonchev–Trinajstić information content (AvgIpc) is 2.69. The van der Waals surface area contributed by atoms with Gasteiger partial charge in [0.2, 0.25) is 0 Å². The second-order valence-electron chi connectivity index (χ2n) is 6.35. The van der Waals surface area contributed by atoms with E-state index in [0.717, 1.165) is 6.42 Å². The van der Waals surface area contributed by atoms with E-state index in [1.165, 1.54) is 0 Å². The van der Waals surface area contributed by atoms with E-state index in [0.29, 0.717) is 50.3 Å². The van der Waals surface area contributed by atoms with Gasteiger partial charge in [-0.3, -0.25) is 4.79 Å². The fraction of sp³-hybridized carbons (Fsp3) is 0.632. The van der Waals surface area contributed by atoms with Crippen LogP contribution >= 0.6 is 0 Å². The summed E-state index contributed by atoms with van der Waals surface area (Å²) in [5.41, 5.74) is 9.16. The standard InChI is InChI=1S/C19H31N5O4/c1-4-10-26-11-12-27-18(23-24-20)14-28-17-7-5-6-16(13-17)19(25)22-9-8-21-15(2)3/h5-7,13,15,18,21H,4,8-12,14H2,1-3H3,(H,22,25). The molecule has 0 aliphatic heterocycles. The van der Waals surface area contributed by atoms with Crippen LogP contribution in [0.2, 0.25) is 0 Å². The first-order chi connectivity index (χ1) is 13.6. The molecule has 9 heteroatoms. The van der Waals surface area contributed by atoms with Gasteiger partial charge in [0.05, 0.1) is 13.2 Å². The van der Waals surface area contributed by atoms with Crippen molar-refractivity contribution in [3.8, 4) is 5.75 Å². The van der Waals surface area contributed by atoms with Crippen molar-refractivity contribution in [3.63, 3.8) is 0 Å². The minimum Gasteiger partial charge on any atom is -0.491 e. The third-order valence-electron chi connectivity index (χ3n) is 3.52. The van der Waals surface area contributed by atoms with Crippen LogP contribution in [-0.2, 0) is 9.47 Å². The maximum absolute atomic E-state index is 12.2. The topological polar surface area (TPSA) is 118 Å². The monoisotopic (exact) mass is 393 g/mol. The summed E-state index contributed by atoms with van der Waals surface area (Å²) in [7, 11) is 0. The van der Waals surface area contributed by atoms with Gasteiger partial charge < -0.3 is 24.8 Å². The molecule has 0 bridgehead atoms. The van der Waals surface area contributed by atoms with Crippen LogP contribution in [0.3, 0.4) is 0 Å². The zero-order valence-corrected chi connectivity index (χ0v) is 16.9. The summed E-state index contributed by atoms with van der Waals surface area (Å²) in [6.45, 7) is 8.79. The van der Waals surface area contributed by atoms with Crippen LogP contribution < -0.4 is 15.4 Å². The van der Waals surface area contributed by atoms with Crippen LogP contribution in [0.4, 0.5) is 0 Å². The summed E-state index contributed by atoms with van der Waals surface area (Å²) >= 11 is 0. The average molecular weight is 393 g/mol. The fourth-order valence-corrected chi connectivity index (χ4v) is 2.20. The second-order valence-corrected chi connectivity index (χ2v) is 6.35. The smallest absolute Gasteiger partial charge is 0.251 e. The van der Waals surface area contributed by atoms with E-state index in [1.807, 2.05) is 20.8 Å². The number of nitrogens with zero attached hydrogens (tertiary/aromatic N) is 3. The van der Waals surface area contributed by atoms with Gasteiger partial charge in [-0.1, -0.05) is 32.0 Å². The fourth-order valence-electron chi connectivity index (χ4n) is 2.20. The van der Waals surface area contributed by atoms with Gasteiger partial charge in [-0.2, -0.15) is 0 Å². The molecule has 9 nitrogen and oxygen atoms in total. The molecule has 0 aromatic heterocycles. The molecule has 1 unspecified atom stereocenters. The molecule has 2 N–H and O–H groups in total. The molecule has 0 radical (unpaired) electrons. The number of hydrogen-bond acceptors (Lipinski definition) is 6. The molecule has 0 aliphatic rings. The first-order valence-corrected chi connectivity index (χ1v) is 9.54. The molecule has 28 heavy (non-hydrogen) atoms. The van der Waals surface area contributed by atoms with Crippen molar-refractivity contribution in [2.24, 2.45) is 5.11 Å². The zero-order valence-electron chi connectivity index (χ0n) is 16.9. The summed E-state index contributed by atoms with van der Waals surface area (Å²) in [6.07, 6.45) is 0.163. The molecule has 0 aliphatic carbocycles. The van der Waals surface area contributed by atoms with Crippen LogP contribution in [0, 0.1) is 0 Å². The highest BCUT2D eigenvalue weighted by Gasteiger charge is 2.10. The van der Waals surface area contributed by atoms with E-state index in [4.69, 9.17) is 19.7 Å². The summed E-state index contributed by atoms with van der Waals surface area (Å²) in [5.74, 6) is 0.323. The minimum absolute atomic E-state index is 0.0429. The lowest BCUT2D eigenvalue weighted by molar-refractivity contribution is -0.0109. The number of carbonyl (C=O) groups is 1. The quantitative estimate of drug-likeness (QED) is 0.206. The Morgan fingerprint density at radius 3 is 2.79 bits per heavy atom. The molecule has 1 aromatic rings. The van der Waals surface area contributed by atoms with Gasteiger partial charge in [0.1, 0.15) is 12.4 Å². The predicted octanol–water partition coefficient (Wildman–Crippen LogP) is 2.87. The summed E-state index contributed by atoms with van der Waals surface area (Å²) in [4.78, 5) is 15.0. The lowest BCUT2D eigenvalue weighted by Crippen LogP contribution is -2.34. The Bertz CT molecular complexity index is 620. The van der Waals surface area contributed by atoms with Gasteiger partial charge in [0.25, 0.3) is 5.91 Å². The number of rotatable bonds is 15. The predicted molar refractivity (Wildman–Crippen MR) is 107 cm³/mol.